The molecule has 2 bridgehead atoms. The lowest BCUT2D eigenvalue weighted by atomic mass is 9.70. The number of aliphatic hydroxyl groups is 1. The van der Waals surface area contributed by atoms with Gasteiger partial charge >= 0.3 is 5.97 Å². The molecule has 1 aromatic carbocycles. The maximum atomic E-state index is 14.4. The number of likely N-dealkylation sites (tertiary alicyclic amines) is 1. The first-order valence-electron chi connectivity index (χ1n) is 12.6. The maximum absolute atomic E-state index is 14.4. The van der Waals surface area contributed by atoms with Gasteiger partial charge in [0, 0.05) is 25.4 Å². The quantitative estimate of drug-likeness (QED) is 0.312. The number of aryl methyl sites for hydroxylation is 2. The van der Waals surface area contributed by atoms with Crippen molar-refractivity contribution in [2.24, 2.45) is 11.8 Å². The number of rotatable bonds is 10. The molecule has 8 nitrogen and oxygen atoms in total. The standard InChI is InChI=1S/C27H36N2O6/c1-5-14-28(22-17(3)10-9-11-18(22)4)25(32)23-27-13-12-19(35-27)20(26(33)34-6-2)21(27)24(31)29(23)15-7-8-16-30/h5,9-11,19-21,23,30H,1,6-8,12-16H2,2-4H3/t19-,20+,21+,23?,27?/m1/s1. The molecule has 1 N–H and O–H groups in total. The first kappa shape index (κ1) is 25.4. The van der Waals surface area contributed by atoms with Crippen LogP contribution in [-0.4, -0.2) is 71.8 Å². The number of para-hydroxylation sites is 1. The highest BCUT2D eigenvalue weighted by atomic mass is 16.6. The number of carbonyl (C=O) groups excluding carboxylic acids is 3. The van der Waals surface area contributed by atoms with Gasteiger partial charge < -0.3 is 24.4 Å². The molecule has 0 aromatic heterocycles. The Morgan fingerprint density at radius 1 is 1.31 bits per heavy atom. The topological polar surface area (TPSA) is 96.4 Å². The zero-order chi connectivity index (χ0) is 25.3. The van der Waals surface area contributed by atoms with Crippen LogP contribution in [0.5, 0.6) is 0 Å². The second kappa shape index (κ2) is 10.1. The fourth-order valence-electron chi connectivity index (χ4n) is 6.37. The first-order chi connectivity index (χ1) is 16.8. The van der Waals surface area contributed by atoms with E-state index >= 15 is 0 Å². The smallest absolute Gasteiger partial charge is 0.312 e. The van der Waals surface area contributed by atoms with Gasteiger partial charge in [-0.2, -0.15) is 0 Å². The van der Waals surface area contributed by atoms with Crippen LogP contribution in [0, 0.1) is 25.7 Å². The third kappa shape index (κ3) is 4.06. The average molecular weight is 485 g/mol. The monoisotopic (exact) mass is 484 g/mol. The summed E-state index contributed by atoms with van der Waals surface area (Å²) in [5.74, 6) is -2.35. The summed E-state index contributed by atoms with van der Waals surface area (Å²) in [7, 11) is 0. The molecular weight excluding hydrogens is 448 g/mol. The van der Waals surface area contributed by atoms with Gasteiger partial charge in [0.15, 0.2) is 0 Å². The largest absolute Gasteiger partial charge is 0.466 e. The minimum Gasteiger partial charge on any atom is -0.466 e. The number of anilines is 1. The number of hydrogen-bond donors (Lipinski definition) is 1. The minimum absolute atomic E-state index is 0.00420. The molecule has 5 atom stereocenters. The fourth-order valence-corrected chi connectivity index (χ4v) is 6.37. The lowest BCUT2D eigenvalue weighted by molar-refractivity contribution is -0.154. The molecule has 3 saturated heterocycles. The first-order valence-corrected chi connectivity index (χ1v) is 12.6. The minimum atomic E-state index is -1.06. The highest BCUT2D eigenvalue weighted by Crippen LogP contribution is 2.59. The van der Waals surface area contributed by atoms with E-state index < -0.39 is 35.6 Å². The van der Waals surface area contributed by atoms with Crippen LogP contribution < -0.4 is 4.90 Å². The Bertz CT molecular complexity index is 989. The summed E-state index contributed by atoms with van der Waals surface area (Å²) in [6.45, 7) is 10.3. The highest BCUT2D eigenvalue weighted by molar-refractivity contribution is 6.05. The Morgan fingerprint density at radius 2 is 2.03 bits per heavy atom. The van der Waals surface area contributed by atoms with Crippen LogP contribution in [0.15, 0.2) is 30.9 Å². The van der Waals surface area contributed by atoms with Crippen molar-refractivity contribution in [3.8, 4) is 0 Å². The predicted octanol–water partition coefficient (Wildman–Crippen LogP) is 2.53. The molecular formula is C27H36N2O6. The van der Waals surface area contributed by atoms with Gasteiger partial charge in [0.05, 0.1) is 24.5 Å². The van der Waals surface area contributed by atoms with Crippen LogP contribution in [0.1, 0.15) is 43.7 Å². The molecule has 1 spiro atoms. The molecule has 3 aliphatic heterocycles. The van der Waals surface area contributed by atoms with Gasteiger partial charge in [-0.3, -0.25) is 14.4 Å². The van der Waals surface area contributed by atoms with E-state index in [4.69, 9.17) is 9.47 Å². The SMILES string of the molecule is C=CCN(C(=O)C1N(CCCCO)C(=O)[C@@H]2[C@@H](C(=O)OCC)[C@H]3CCC12O3)c1c(C)cccc1C. The van der Waals surface area contributed by atoms with Crippen molar-refractivity contribution < 1.29 is 29.0 Å². The van der Waals surface area contributed by atoms with E-state index in [1.54, 1.807) is 22.8 Å². The van der Waals surface area contributed by atoms with Crippen LogP contribution >= 0.6 is 0 Å². The normalized spacial score (nSPS) is 28.8. The summed E-state index contributed by atoms with van der Waals surface area (Å²) in [5, 5.41) is 9.31. The molecule has 2 amide bonds. The molecule has 2 unspecified atom stereocenters. The van der Waals surface area contributed by atoms with Crippen LogP contribution in [-0.2, 0) is 23.9 Å². The van der Waals surface area contributed by atoms with Crippen molar-refractivity contribution in [2.45, 2.75) is 64.2 Å². The lowest BCUT2D eigenvalue weighted by Crippen LogP contribution is -2.56. The zero-order valence-electron chi connectivity index (χ0n) is 20.9. The maximum Gasteiger partial charge on any atom is 0.312 e. The second-order valence-corrected chi connectivity index (χ2v) is 9.75. The van der Waals surface area contributed by atoms with Crippen molar-refractivity contribution in [3.05, 3.63) is 42.0 Å². The lowest BCUT2D eigenvalue weighted by Gasteiger charge is -2.37. The van der Waals surface area contributed by atoms with Crippen molar-refractivity contribution in [3.63, 3.8) is 0 Å². The Balaban J connectivity index is 1.78. The molecule has 1 aromatic rings. The summed E-state index contributed by atoms with van der Waals surface area (Å²) in [6, 6.07) is 5.01. The Labute approximate surface area is 206 Å². The number of unbranched alkanes of at least 4 members (excludes halogenated alkanes) is 1. The number of hydrogen-bond acceptors (Lipinski definition) is 6. The van der Waals surface area contributed by atoms with Crippen LogP contribution in [0.2, 0.25) is 0 Å². The number of fused-ring (bicyclic) bond motifs is 1. The Morgan fingerprint density at radius 3 is 2.66 bits per heavy atom. The fraction of sp³-hybridized carbons (Fsp3) is 0.593. The van der Waals surface area contributed by atoms with Crippen molar-refractivity contribution >= 4 is 23.5 Å². The Hall–Kier alpha value is -2.71. The molecule has 190 valence electrons. The molecule has 8 heteroatoms. The summed E-state index contributed by atoms with van der Waals surface area (Å²) >= 11 is 0. The van der Waals surface area contributed by atoms with E-state index in [0.29, 0.717) is 32.2 Å². The number of esters is 1. The van der Waals surface area contributed by atoms with E-state index in [9.17, 15) is 19.5 Å². The molecule has 3 fully saturated rings. The number of aliphatic hydroxyl groups excluding tert-OH is 1. The van der Waals surface area contributed by atoms with Crippen LogP contribution in [0.3, 0.4) is 0 Å². The third-order valence-electron chi connectivity index (χ3n) is 7.69. The van der Waals surface area contributed by atoms with E-state index in [1.807, 2.05) is 32.0 Å². The number of nitrogens with zero attached hydrogens (tertiary/aromatic N) is 2. The average Bonchev–Trinajstić information content (AvgIpc) is 3.46. The summed E-state index contributed by atoms with van der Waals surface area (Å²) in [4.78, 5) is 44.4. The molecule has 3 aliphatic rings. The van der Waals surface area contributed by atoms with Gasteiger partial charge in [-0.25, -0.2) is 0 Å². The highest BCUT2D eigenvalue weighted by Gasteiger charge is 2.75. The number of ether oxygens (including phenoxy) is 2. The zero-order valence-corrected chi connectivity index (χ0v) is 20.9. The molecule has 0 aliphatic carbocycles. The number of amides is 2. The summed E-state index contributed by atoms with van der Waals surface area (Å²) in [5.41, 5.74) is 1.64. The van der Waals surface area contributed by atoms with E-state index in [2.05, 4.69) is 6.58 Å². The molecule has 35 heavy (non-hydrogen) atoms. The molecule has 3 heterocycles. The predicted molar refractivity (Wildman–Crippen MR) is 131 cm³/mol. The third-order valence-corrected chi connectivity index (χ3v) is 7.69. The molecule has 0 saturated carbocycles. The van der Waals surface area contributed by atoms with Crippen LogP contribution in [0.25, 0.3) is 0 Å². The summed E-state index contributed by atoms with van der Waals surface area (Å²) in [6.07, 6.45) is 3.46. The molecule has 0 radical (unpaired) electrons. The molecule has 4 rings (SSSR count). The van der Waals surface area contributed by atoms with E-state index in [-0.39, 0.29) is 31.6 Å². The van der Waals surface area contributed by atoms with Crippen molar-refractivity contribution in [1.82, 2.24) is 4.90 Å². The van der Waals surface area contributed by atoms with Crippen molar-refractivity contribution in [1.29, 1.82) is 0 Å². The number of carbonyl (C=O) groups is 3. The van der Waals surface area contributed by atoms with Gasteiger partial charge in [0.25, 0.3) is 5.91 Å². The second-order valence-electron chi connectivity index (χ2n) is 9.75. The summed E-state index contributed by atoms with van der Waals surface area (Å²) < 4.78 is 11.8. The van der Waals surface area contributed by atoms with E-state index in [0.717, 1.165) is 16.8 Å². The van der Waals surface area contributed by atoms with Gasteiger partial charge in [0.1, 0.15) is 11.6 Å². The van der Waals surface area contributed by atoms with Gasteiger partial charge in [-0.15, -0.1) is 6.58 Å². The van der Waals surface area contributed by atoms with Gasteiger partial charge in [0.2, 0.25) is 5.91 Å². The Kier molecular flexibility index (Phi) is 7.33. The van der Waals surface area contributed by atoms with Gasteiger partial charge in [-0.1, -0.05) is 24.3 Å². The van der Waals surface area contributed by atoms with Crippen LogP contribution in [0.4, 0.5) is 5.69 Å². The van der Waals surface area contributed by atoms with E-state index in [1.165, 1.54) is 0 Å². The number of benzene rings is 1. The van der Waals surface area contributed by atoms with Crippen molar-refractivity contribution in [2.75, 3.05) is 31.2 Å². The van der Waals surface area contributed by atoms with Gasteiger partial charge in [-0.05, 0) is 57.6 Å².